The number of rotatable bonds is 8. The number of nitrogens with zero attached hydrogens (tertiary/aromatic N) is 2. The molecule has 1 aromatic heterocycles. The van der Waals surface area contributed by atoms with E-state index in [0.717, 1.165) is 23.9 Å². The number of fused-ring (bicyclic) bond motifs is 1. The van der Waals surface area contributed by atoms with Gasteiger partial charge in [-0.2, -0.15) is 0 Å². The minimum atomic E-state index is -0.383. The lowest BCUT2D eigenvalue weighted by Gasteiger charge is -2.01. The zero-order chi connectivity index (χ0) is 15.1. The first kappa shape index (κ1) is 15.1. The maximum absolute atomic E-state index is 10.7. The quantitative estimate of drug-likeness (QED) is 0.309. The summed E-state index contributed by atoms with van der Waals surface area (Å²) in [5.74, 6) is 0. The second-order valence-corrected chi connectivity index (χ2v) is 4.94. The minimum absolute atomic E-state index is 0.108. The van der Waals surface area contributed by atoms with Crippen molar-refractivity contribution in [1.29, 1.82) is 0 Å². The van der Waals surface area contributed by atoms with E-state index in [1.807, 2.05) is 23.0 Å². The van der Waals surface area contributed by atoms with Gasteiger partial charge >= 0.3 is 0 Å². The average molecular weight is 288 g/mol. The van der Waals surface area contributed by atoms with Gasteiger partial charge in [0.15, 0.2) is 0 Å². The number of non-ortho nitro benzene ring substituents is 1. The van der Waals surface area contributed by atoms with E-state index in [4.69, 9.17) is 4.74 Å². The van der Waals surface area contributed by atoms with Gasteiger partial charge in [-0.25, -0.2) is 0 Å². The molecule has 5 nitrogen and oxygen atoms in total. The number of aromatic nitrogens is 1. The van der Waals surface area contributed by atoms with Crippen molar-refractivity contribution < 1.29 is 9.66 Å². The van der Waals surface area contributed by atoms with Gasteiger partial charge in [-0.05, 0) is 18.6 Å². The Kier molecular flexibility index (Phi) is 5.37. The summed E-state index contributed by atoms with van der Waals surface area (Å²) in [5, 5.41) is 11.6. The zero-order valence-electron chi connectivity index (χ0n) is 12.2. The van der Waals surface area contributed by atoms with E-state index in [1.165, 1.54) is 25.3 Å². The fraction of sp³-hybridized carbons (Fsp3) is 0.375. The highest BCUT2D eigenvalue weighted by atomic mass is 16.6. The molecule has 1 aromatic carbocycles. The molecule has 5 heteroatoms. The predicted molar refractivity (Wildman–Crippen MR) is 84.0 cm³/mol. The van der Waals surface area contributed by atoms with Crippen molar-refractivity contribution >= 4 is 22.8 Å². The molecule has 0 unspecified atom stereocenters. The van der Waals surface area contributed by atoms with E-state index in [2.05, 4.69) is 6.92 Å². The van der Waals surface area contributed by atoms with Crippen molar-refractivity contribution in [2.75, 3.05) is 6.61 Å². The topological polar surface area (TPSA) is 57.3 Å². The van der Waals surface area contributed by atoms with E-state index in [-0.39, 0.29) is 10.6 Å². The number of unbranched alkanes of at least 4 members (excludes halogenated alkanes) is 3. The Bertz CT molecular complexity index is 631. The van der Waals surface area contributed by atoms with Crippen LogP contribution >= 0.6 is 0 Å². The summed E-state index contributed by atoms with van der Waals surface area (Å²) in [5.41, 5.74) is 1.03. The van der Waals surface area contributed by atoms with Crippen molar-refractivity contribution in [3.63, 3.8) is 0 Å². The van der Waals surface area contributed by atoms with Gasteiger partial charge in [-0.3, -0.25) is 10.1 Å². The lowest BCUT2D eigenvalue weighted by Crippen LogP contribution is -1.90. The first-order chi connectivity index (χ1) is 10.2. The molecule has 0 atom stereocenters. The lowest BCUT2D eigenvalue weighted by molar-refractivity contribution is -0.384. The summed E-state index contributed by atoms with van der Waals surface area (Å²) in [6.45, 7) is 2.91. The highest BCUT2D eigenvalue weighted by Crippen LogP contribution is 2.22. The molecule has 0 spiro atoms. The summed E-state index contributed by atoms with van der Waals surface area (Å²) in [6, 6.07) is 6.69. The van der Waals surface area contributed by atoms with Gasteiger partial charge in [0.1, 0.15) is 0 Å². The molecule has 0 saturated carbocycles. The lowest BCUT2D eigenvalue weighted by atomic mass is 10.2. The predicted octanol–water partition coefficient (Wildman–Crippen LogP) is 4.57. The van der Waals surface area contributed by atoms with Crippen LogP contribution in [0.1, 0.15) is 32.6 Å². The van der Waals surface area contributed by atoms with Gasteiger partial charge in [0.2, 0.25) is 0 Å². The summed E-state index contributed by atoms with van der Waals surface area (Å²) in [4.78, 5) is 10.4. The fourth-order valence-electron chi connectivity index (χ4n) is 2.18. The van der Waals surface area contributed by atoms with E-state index in [9.17, 15) is 10.1 Å². The van der Waals surface area contributed by atoms with Crippen LogP contribution in [0.2, 0.25) is 0 Å². The molecule has 0 aliphatic carbocycles. The number of nitro benzene ring substituents is 1. The van der Waals surface area contributed by atoms with Crippen LogP contribution in [0.3, 0.4) is 0 Å². The van der Waals surface area contributed by atoms with E-state index >= 15 is 0 Å². The Morgan fingerprint density at radius 2 is 2.14 bits per heavy atom. The van der Waals surface area contributed by atoms with E-state index in [1.54, 1.807) is 18.4 Å². The Balaban J connectivity index is 1.95. The number of hydrogen-bond donors (Lipinski definition) is 0. The van der Waals surface area contributed by atoms with Crippen LogP contribution in [0, 0.1) is 10.1 Å². The fourth-order valence-corrected chi connectivity index (χ4v) is 2.18. The molecule has 2 aromatic rings. The number of ether oxygens (including phenoxy) is 1. The Morgan fingerprint density at radius 3 is 2.90 bits per heavy atom. The molecule has 0 saturated heterocycles. The molecule has 0 bridgehead atoms. The third-order valence-corrected chi connectivity index (χ3v) is 3.35. The van der Waals surface area contributed by atoms with Crippen LogP contribution < -0.4 is 0 Å². The van der Waals surface area contributed by atoms with Crippen molar-refractivity contribution in [2.45, 2.75) is 32.6 Å². The minimum Gasteiger partial charge on any atom is -0.500 e. The standard InChI is InChI=1S/C16H20N2O3/c1-2-3-4-5-11-21-12-10-17-9-8-14-13-15(18(19)20)6-7-16(14)17/h6-10,12-13H,2-5,11H2,1H3/b12-10+. The van der Waals surface area contributed by atoms with Crippen molar-refractivity contribution in [1.82, 2.24) is 4.57 Å². The smallest absolute Gasteiger partial charge is 0.270 e. The second-order valence-electron chi connectivity index (χ2n) is 4.94. The number of nitro groups is 1. The van der Waals surface area contributed by atoms with Gasteiger partial charge in [-0.1, -0.05) is 26.2 Å². The van der Waals surface area contributed by atoms with E-state index in [0.29, 0.717) is 0 Å². The average Bonchev–Trinajstić information content (AvgIpc) is 2.88. The molecule has 21 heavy (non-hydrogen) atoms. The Labute approximate surface area is 124 Å². The van der Waals surface area contributed by atoms with Gasteiger partial charge in [-0.15, -0.1) is 0 Å². The van der Waals surface area contributed by atoms with Crippen LogP contribution in [0.5, 0.6) is 0 Å². The SMILES string of the molecule is CCCCCCO/C=C/n1ccc2cc([N+](=O)[O-])ccc21. The molecule has 0 radical (unpaired) electrons. The largest absolute Gasteiger partial charge is 0.500 e. The van der Waals surface area contributed by atoms with Crippen LogP contribution in [0.15, 0.2) is 36.7 Å². The van der Waals surface area contributed by atoms with Crippen LogP contribution in [0.4, 0.5) is 5.69 Å². The third-order valence-electron chi connectivity index (χ3n) is 3.35. The monoisotopic (exact) mass is 288 g/mol. The third kappa shape index (κ3) is 4.08. The maximum atomic E-state index is 10.7. The normalized spacial score (nSPS) is 11.3. The van der Waals surface area contributed by atoms with Gasteiger partial charge < -0.3 is 9.30 Å². The molecule has 0 N–H and O–H groups in total. The summed E-state index contributed by atoms with van der Waals surface area (Å²) in [6.07, 6.45) is 10.1. The van der Waals surface area contributed by atoms with Gasteiger partial charge in [0.05, 0.1) is 23.3 Å². The molecule has 1 heterocycles. The van der Waals surface area contributed by atoms with E-state index < -0.39 is 0 Å². The summed E-state index contributed by atoms with van der Waals surface area (Å²) < 4.78 is 7.35. The second kappa shape index (κ2) is 7.47. The van der Waals surface area contributed by atoms with Crippen LogP contribution in [-0.2, 0) is 4.74 Å². The van der Waals surface area contributed by atoms with Crippen molar-refractivity contribution in [3.05, 3.63) is 46.8 Å². The molecule has 0 aliphatic heterocycles. The number of hydrogen-bond acceptors (Lipinski definition) is 3. The highest BCUT2D eigenvalue weighted by molar-refractivity contribution is 5.84. The van der Waals surface area contributed by atoms with Gasteiger partial charge in [0.25, 0.3) is 5.69 Å². The number of benzene rings is 1. The molecular formula is C16H20N2O3. The zero-order valence-corrected chi connectivity index (χ0v) is 12.2. The first-order valence-electron chi connectivity index (χ1n) is 7.25. The molecule has 0 amide bonds. The molecular weight excluding hydrogens is 268 g/mol. The highest BCUT2D eigenvalue weighted by Gasteiger charge is 2.07. The van der Waals surface area contributed by atoms with Crippen molar-refractivity contribution in [3.8, 4) is 0 Å². The molecule has 112 valence electrons. The maximum Gasteiger partial charge on any atom is 0.270 e. The molecule has 0 fully saturated rings. The first-order valence-corrected chi connectivity index (χ1v) is 7.25. The summed E-state index contributed by atoms with van der Waals surface area (Å²) in [7, 11) is 0. The van der Waals surface area contributed by atoms with Crippen molar-refractivity contribution in [2.24, 2.45) is 0 Å². The Hall–Kier alpha value is -2.30. The Morgan fingerprint density at radius 1 is 1.29 bits per heavy atom. The van der Waals surface area contributed by atoms with Crippen LogP contribution in [-0.4, -0.2) is 16.1 Å². The van der Waals surface area contributed by atoms with Gasteiger partial charge in [0, 0.05) is 29.9 Å². The summed E-state index contributed by atoms with van der Waals surface area (Å²) >= 11 is 0. The molecule has 2 rings (SSSR count). The van der Waals surface area contributed by atoms with Crippen LogP contribution in [0.25, 0.3) is 17.1 Å². The molecule has 0 aliphatic rings.